The van der Waals surface area contributed by atoms with Crippen LogP contribution in [0, 0.1) is 11.7 Å². The SMILES string of the molecule is CC(C)CNC(=O)[C@H](C)N(Cc1ccccc1F)C(=O)CN(c1ccc(C(C)C)cc1)S(=O)(=O)c1ccccc1. The molecule has 1 N–H and O–H groups in total. The maximum atomic E-state index is 14.6. The number of rotatable bonds is 12. The molecule has 0 aliphatic carbocycles. The van der Waals surface area contributed by atoms with E-state index in [0.717, 1.165) is 9.87 Å². The van der Waals surface area contributed by atoms with E-state index in [9.17, 15) is 22.4 Å². The van der Waals surface area contributed by atoms with E-state index in [1.807, 2.05) is 39.8 Å². The first-order valence-electron chi connectivity index (χ1n) is 13.4. The van der Waals surface area contributed by atoms with Crippen LogP contribution in [0.2, 0.25) is 0 Å². The molecule has 0 radical (unpaired) electrons. The lowest BCUT2D eigenvalue weighted by Crippen LogP contribution is -2.51. The topological polar surface area (TPSA) is 86.8 Å². The second-order valence-corrected chi connectivity index (χ2v) is 12.4. The van der Waals surface area contributed by atoms with Gasteiger partial charge in [0.2, 0.25) is 11.8 Å². The number of nitrogens with one attached hydrogen (secondary N) is 1. The van der Waals surface area contributed by atoms with Gasteiger partial charge in [0.25, 0.3) is 10.0 Å². The van der Waals surface area contributed by atoms with E-state index in [2.05, 4.69) is 5.32 Å². The normalized spacial score (nSPS) is 12.3. The summed E-state index contributed by atoms with van der Waals surface area (Å²) < 4.78 is 43.3. The van der Waals surface area contributed by atoms with Crippen LogP contribution in [0.4, 0.5) is 10.1 Å². The van der Waals surface area contributed by atoms with Gasteiger partial charge >= 0.3 is 0 Å². The van der Waals surface area contributed by atoms with Crippen molar-refractivity contribution in [2.45, 2.75) is 58.0 Å². The van der Waals surface area contributed by atoms with Crippen molar-refractivity contribution in [2.24, 2.45) is 5.92 Å². The summed E-state index contributed by atoms with van der Waals surface area (Å²) in [6.45, 7) is 9.14. The van der Waals surface area contributed by atoms with Crippen molar-refractivity contribution in [1.82, 2.24) is 10.2 Å². The van der Waals surface area contributed by atoms with Gasteiger partial charge < -0.3 is 10.2 Å². The van der Waals surface area contributed by atoms with Gasteiger partial charge in [-0.3, -0.25) is 13.9 Å². The van der Waals surface area contributed by atoms with Crippen molar-refractivity contribution in [3.63, 3.8) is 0 Å². The molecule has 0 aliphatic rings. The van der Waals surface area contributed by atoms with Crippen LogP contribution in [0.3, 0.4) is 0 Å². The first-order chi connectivity index (χ1) is 18.9. The van der Waals surface area contributed by atoms with E-state index < -0.39 is 40.2 Å². The monoisotopic (exact) mass is 567 g/mol. The molecule has 40 heavy (non-hydrogen) atoms. The van der Waals surface area contributed by atoms with Gasteiger partial charge in [-0.1, -0.05) is 76.2 Å². The molecule has 0 saturated carbocycles. The lowest BCUT2D eigenvalue weighted by atomic mass is 10.0. The highest BCUT2D eigenvalue weighted by Crippen LogP contribution is 2.26. The fraction of sp³-hybridized carbons (Fsp3) is 0.355. The van der Waals surface area contributed by atoms with Crippen LogP contribution >= 0.6 is 0 Å². The van der Waals surface area contributed by atoms with E-state index in [0.29, 0.717) is 12.2 Å². The van der Waals surface area contributed by atoms with Crippen LogP contribution < -0.4 is 9.62 Å². The number of anilines is 1. The Labute approximate surface area is 237 Å². The highest BCUT2D eigenvalue weighted by Gasteiger charge is 2.32. The number of amides is 2. The predicted octanol–water partition coefficient (Wildman–Crippen LogP) is 5.33. The zero-order chi connectivity index (χ0) is 29.4. The van der Waals surface area contributed by atoms with Gasteiger partial charge in [0.15, 0.2) is 0 Å². The van der Waals surface area contributed by atoms with Gasteiger partial charge in [0, 0.05) is 18.7 Å². The molecule has 0 saturated heterocycles. The summed E-state index contributed by atoms with van der Waals surface area (Å²) in [7, 11) is -4.15. The Morgan fingerprint density at radius 1 is 0.850 bits per heavy atom. The quantitative estimate of drug-likeness (QED) is 0.320. The molecule has 0 aromatic heterocycles. The number of nitrogens with zero attached hydrogens (tertiary/aromatic N) is 2. The molecule has 2 amide bonds. The molecular weight excluding hydrogens is 529 g/mol. The molecule has 0 heterocycles. The van der Waals surface area contributed by atoms with Crippen molar-refractivity contribution in [3.8, 4) is 0 Å². The minimum atomic E-state index is -4.15. The standard InChI is InChI=1S/C31H38FN3O4S/c1-22(2)19-33-31(37)24(5)34(20-26-11-9-10-14-29(26)32)30(36)21-35(27-17-15-25(16-18-27)23(3)4)40(38,39)28-12-7-6-8-13-28/h6-18,22-24H,19-21H2,1-5H3,(H,33,37)/t24-/m0/s1. The average molecular weight is 568 g/mol. The summed E-state index contributed by atoms with van der Waals surface area (Å²) in [6, 6.07) is 19.9. The number of carbonyl (C=O) groups excluding carboxylic acids is 2. The van der Waals surface area contributed by atoms with Crippen LogP contribution in [0.5, 0.6) is 0 Å². The van der Waals surface area contributed by atoms with Gasteiger partial charge in [-0.15, -0.1) is 0 Å². The highest BCUT2D eigenvalue weighted by molar-refractivity contribution is 7.92. The number of benzene rings is 3. The van der Waals surface area contributed by atoms with Gasteiger partial charge in [0.1, 0.15) is 18.4 Å². The Bertz CT molecular complexity index is 1390. The number of halogens is 1. The minimum absolute atomic E-state index is 0.0270. The van der Waals surface area contributed by atoms with Gasteiger partial charge in [0.05, 0.1) is 10.6 Å². The van der Waals surface area contributed by atoms with E-state index in [-0.39, 0.29) is 28.8 Å². The van der Waals surface area contributed by atoms with Gasteiger partial charge in [-0.05, 0) is 54.7 Å². The maximum Gasteiger partial charge on any atom is 0.264 e. The molecule has 0 spiro atoms. The van der Waals surface area contributed by atoms with Crippen LogP contribution in [0.15, 0.2) is 83.8 Å². The smallest absolute Gasteiger partial charge is 0.264 e. The molecule has 214 valence electrons. The molecule has 0 bridgehead atoms. The minimum Gasteiger partial charge on any atom is -0.354 e. The van der Waals surface area contributed by atoms with E-state index in [4.69, 9.17) is 0 Å². The van der Waals surface area contributed by atoms with Crippen molar-refractivity contribution in [3.05, 3.63) is 95.8 Å². The number of carbonyl (C=O) groups is 2. The summed E-state index contributed by atoms with van der Waals surface area (Å²) in [4.78, 5) is 28.2. The van der Waals surface area contributed by atoms with Crippen molar-refractivity contribution < 1.29 is 22.4 Å². The summed E-state index contributed by atoms with van der Waals surface area (Å²) in [5.74, 6) is -1.14. The molecule has 0 aliphatic heterocycles. The van der Waals surface area contributed by atoms with Crippen molar-refractivity contribution >= 4 is 27.5 Å². The first-order valence-corrected chi connectivity index (χ1v) is 14.8. The van der Waals surface area contributed by atoms with E-state index >= 15 is 0 Å². The molecule has 3 aromatic rings. The zero-order valence-corrected chi connectivity index (χ0v) is 24.5. The van der Waals surface area contributed by atoms with Crippen LogP contribution in [0.25, 0.3) is 0 Å². The van der Waals surface area contributed by atoms with Crippen LogP contribution in [-0.4, -0.2) is 44.3 Å². The third kappa shape index (κ3) is 7.69. The van der Waals surface area contributed by atoms with E-state index in [1.54, 1.807) is 49.4 Å². The van der Waals surface area contributed by atoms with Crippen LogP contribution in [-0.2, 0) is 26.2 Å². The average Bonchev–Trinajstić information content (AvgIpc) is 2.94. The lowest BCUT2D eigenvalue weighted by molar-refractivity contribution is -0.139. The highest BCUT2D eigenvalue weighted by atomic mass is 32.2. The maximum absolute atomic E-state index is 14.6. The largest absolute Gasteiger partial charge is 0.354 e. The Kier molecular flexibility index (Phi) is 10.5. The molecule has 0 unspecified atom stereocenters. The molecular formula is C31H38FN3O4S. The van der Waals surface area contributed by atoms with Crippen molar-refractivity contribution in [2.75, 3.05) is 17.4 Å². The Hall–Kier alpha value is -3.72. The lowest BCUT2D eigenvalue weighted by Gasteiger charge is -2.32. The first kappa shape index (κ1) is 30.8. The van der Waals surface area contributed by atoms with Gasteiger partial charge in [-0.2, -0.15) is 0 Å². The second kappa shape index (κ2) is 13.6. The third-order valence-electron chi connectivity index (χ3n) is 6.61. The predicted molar refractivity (Wildman–Crippen MR) is 156 cm³/mol. The molecule has 1 atom stereocenters. The fourth-order valence-corrected chi connectivity index (χ4v) is 5.55. The van der Waals surface area contributed by atoms with Crippen LogP contribution in [0.1, 0.15) is 51.7 Å². The summed E-state index contributed by atoms with van der Waals surface area (Å²) in [5, 5.41) is 2.82. The molecule has 0 fully saturated rings. The fourth-order valence-electron chi connectivity index (χ4n) is 4.12. The summed E-state index contributed by atoms with van der Waals surface area (Å²) in [5.41, 5.74) is 1.55. The number of hydrogen-bond donors (Lipinski definition) is 1. The molecule has 7 nitrogen and oxygen atoms in total. The summed E-state index contributed by atoms with van der Waals surface area (Å²) >= 11 is 0. The third-order valence-corrected chi connectivity index (χ3v) is 8.40. The second-order valence-electron chi connectivity index (χ2n) is 10.5. The molecule has 3 aromatic carbocycles. The zero-order valence-electron chi connectivity index (χ0n) is 23.7. The summed E-state index contributed by atoms with van der Waals surface area (Å²) in [6.07, 6.45) is 0. The van der Waals surface area contributed by atoms with Gasteiger partial charge in [-0.25, -0.2) is 12.8 Å². The Balaban J connectivity index is 2.02. The Morgan fingerprint density at radius 3 is 2.02 bits per heavy atom. The number of sulfonamides is 1. The Morgan fingerprint density at radius 2 is 1.45 bits per heavy atom. The number of hydrogen-bond acceptors (Lipinski definition) is 4. The van der Waals surface area contributed by atoms with Crippen molar-refractivity contribution in [1.29, 1.82) is 0 Å². The van der Waals surface area contributed by atoms with E-state index in [1.165, 1.54) is 29.2 Å². The molecule has 9 heteroatoms. The molecule has 3 rings (SSSR count).